The molecule has 2 N–H and O–H groups in total. The van der Waals surface area contributed by atoms with Gasteiger partial charge < -0.3 is 10.6 Å². The molecule has 1 heterocycles. The quantitative estimate of drug-likeness (QED) is 0.691. The van der Waals surface area contributed by atoms with Crippen LogP contribution in [-0.4, -0.2) is 55.6 Å². The zero-order valence-corrected chi connectivity index (χ0v) is 12.0. The summed E-state index contributed by atoms with van der Waals surface area (Å²) >= 11 is 0. The average Bonchev–Trinajstić information content (AvgIpc) is 2.35. The van der Waals surface area contributed by atoms with Gasteiger partial charge in [-0.25, -0.2) is 0 Å². The van der Waals surface area contributed by atoms with Crippen LogP contribution in [0.3, 0.4) is 0 Å². The first-order valence-electron chi connectivity index (χ1n) is 7.29. The van der Waals surface area contributed by atoms with E-state index in [4.69, 9.17) is 5.73 Å². The first-order valence-corrected chi connectivity index (χ1v) is 7.29. The molecule has 1 fully saturated rings. The second-order valence-corrected chi connectivity index (χ2v) is 5.59. The molecule has 3 heteroatoms. The van der Waals surface area contributed by atoms with Gasteiger partial charge in [0.05, 0.1) is 0 Å². The van der Waals surface area contributed by atoms with Crippen LogP contribution >= 0.6 is 0 Å². The highest BCUT2D eigenvalue weighted by atomic mass is 15.2. The fourth-order valence-corrected chi connectivity index (χ4v) is 2.82. The maximum absolute atomic E-state index is 5.94. The van der Waals surface area contributed by atoms with Crippen LogP contribution in [0.15, 0.2) is 0 Å². The predicted molar refractivity (Wildman–Crippen MR) is 75.3 cm³/mol. The van der Waals surface area contributed by atoms with E-state index >= 15 is 0 Å². The van der Waals surface area contributed by atoms with E-state index in [1.165, 1.54) is 51.6 Å². The third kappa shape index (κ3) is 4.94. The zero-order chi connectivity index (χ0) is 12.7. The number of hydrogen-bond acceptors (Lipinski definition) is 3. The second-order valence-electron chi connectivity index (χ2n) is 5.59. The normalized spacial score (nSPS) is 21.0. The van der Waals surface area contributed by atoms with E-state index in [0.29, 0.717) is 6.04 Å². The molecule has 0 aromatic rings. The lowest BCUT2D eigenvalue weighted by molar-refractivity contribution is 0.104. The van der Waals surface area contributed by atoms with Crippen molar-refractivity contribution in [3.05, 3.63) is 0 Å². The van der Waals surface area contributed by atoms with Crippen LogP contribution in [0.4, 0.5) is 0 Å². The van der Waals surface area contributed by atoms with Gasteiger partial charge in [-0.3, -0.25) is 4.90 Å². The van der Waals surface area contributed by atoms with Crippen LogP contribution in [0.2, 0.25) is 0 Å². The number of unbranched alkanes of at least 4 members (excludes halogenated alkanes) is 2. The number of hydrogen-bond donors (Lipinski definition) is 1. The first-order chi connectivity index (χ1) is 8.19. The van der Waals surface area contributed by atoms with Crippen LogP contribution in [0, 0.1) is 0 Å². The Bertz CT molecular complexity index is 188. The highest BCUT2D eigenvalue weighted by Crippen LogP contribution is 2.18. The fraction of sp³-hybridized carbons (Fsp3) is 1.00. The van der Waals surface area contributed by atoms with Crippen LogP contribution < -0.4 is 5.73 Å². The molecule has 17 heavy (non-hydrogen) atoms. The standard InChI is InChI=1S/C14H31N3/c1-4-5-6-7-14(12-15)17(3)13-8-10-16(2)11-9-13/h13-14H,4-12,15H2,1-3H3. The summed E-state index contributed by atoms with van der Waals surface area (Å²) in [5.41, 5.74) is 5.94. The lowest BCUT2D eigenvalue weighted by Crippen LogP contribution is -2.48. The molecular weight excluding hydrogens is 210 g/mol. The minimum atomic E-state index is 0.593. The highest BCUT2D eigenvalue weighted by Gasteiger charge is 2.24. The second kappa shape index (κ2) is 8.06. The van der Waals surface area contributed by atoms with Crippen molar-refractivity contribution in [1.82, 2.24) is 9.80 Å². The monoisotopic (exact) mass is 241 g/mol. The number of rotatable bonds is 7. The SMILES string of the molecule is CCCCCC(CN)N(C)C1CCN(C)CC1. The number of likely N-dealkylation sites (N-methyl/N-ethyl adjacent to an activating group) is 1. The van der Waals surface area contributed by atoms with Gasteiger partial charge in [0.2, 0.25) is 0 Å². The Labute approximate surface area is 107 Å². The van der Waals surface area contributed by atoms with E-state index in [1.54, 1.807) is 0 Å². The maximum atomic E-state index is 5.94. The Kier molecular flexibility index (Phi) is 7.09. The van der Waals surface area contributed by atoms with Crippen LogP contribution in [-0.2, 0) is 0 Å². The minimum absolute atomic E-state index is 0.593. The van der Waals surface area contributed by atoms with Gasteiger partial charge in [0.1, 0.15) is 0 Å². The van der Waals surface area contributed by atoms with Gasteiger partial charge in [0, 0.05) is 18.6 Å². The summed E-state index contributed by atoms with van der Waals surface area (Å²) in [5, 5.41) is 0. The van der Waals surface area contributed by atoms with Gasteiger partial charge in [-0.15, -0.1) is 0 Å². The van der Waals surface area contributed by atoms with E-state index < -0.39 is 0 Å². The topological polar surface area (TPSA) is 32.5 Å². The van der Waals surface area contributed by atoms with Gasteiger partial charge >= 0.3 is 0 Å². The van der Waals surface area contributed by atoms with E-state index in [0.717, 1.165) is 12.6 Å². The fourth-order valence-electron chi connectivity index (χ4n) is 2.82. The molecule has 0 spiro atoms. The molecule has 1 aliphatic rings. The average molecular weight is 241 g/mol. The number of nitrogens with two attached hydrogens (primary N) is 1. The van der Waals surface area contributed by atoms with Crippen molar-refractivity contribution in [2.24, 2.45) is 5.73 Å². The Morgan fingerprint density at radius 1 is 1.29 bits per heavy atom. The molecule has 0 aromatic carbocycles. The molecule has 102 valence electrons. The van der Waals surface area contributed by atoms with Gasteiger partial charge in [0.25, 0.3) is 0 Å². The lowest BCUT2D eigenvalue weighted by atomic mass is 10.00. The molecule has 1 unspecified atom stereocenters. The molecule has 0 aliphatic carbocycles. The molecular formula is C14H31N3. The minimum Gasteiger partial charge on any atom is -0.329 e. The van der Waals surface area contributed by atoms with E-state index in [9.17, 15) is 0 Å². The Hall–Kier alpha value is -0.120. The largest absolute Gasteiger partial charge is 0.329 e. The van der Waals surface area contributed by atoms with Crippen LogP contribution in [0.1, 0.15) is 45.4 Å². The van der Waals surface area contributed by atoms with Crippen molar-refractivity contribution in [1.29, 1.82) is 0 Å². The van der Waals surface area contributed by atoms with E-state index in [1.807, 2.05) is 0 Å². The summed E-state index contributed by atoms with van der Waals surface area (Å²) in [5.74, 6) is 0. The summed E-state index contributed by atoms with van der Waals surface area (Å²) in [7, 11) is 4.50. The summed E-state index contributed by atoms with van der Waals surface area (Å²) in [6.45, 7) is 5.55. The van der Waals surface area contributed by atoms with Crippen LogP contribution in [0.5, 0.6) is 0 Å². The molecule has 0 radical (unpaired) electrons. The molecule has 0 amide bonds. The van der Waals surface area contributed by atoms with Crippen molar-refractivity contribution in [3.8, 4) is 0 Å². The van der Waals surface area contributed by atoms with Crippen molar-refractivity contribution >= 4 is 0 Å². The molecule has 0 aromatic heterocycles. The van der Waals surface area contributed by atoms with Gasteiger partial charge in [-0.1, -0.05) is 26.2 Å². The number of nitrogens with zero attached hydrogens (tertiary/aromatic N) is 2. The van der Waals surface area contributed by atoms with Crippen LogP contribution in [0.25, 0.3) is 0 Å². The zero-order valence-electron chi connectivity index (χ0n) is 12.0. The van der Waals surface area contributed by atoms with Crippen molar-refractivity contribution in [3.63, 3.8) is 0 Å². The van der Waals surface area contributed by atoms with Gasteiger partial charge in [-0.2, -0.15) is 0 Å². The molecule has 3 nitrogen and oxygen atoms in total. The van der Waals surface area contributed by atoms with Crippen molar-refractivity contribution in [2.75, 3.05) is 33.7 Å². The summed E-state index contributed by atoms with van der Waals surface area (Å²) in [4.78, 5) is 4.99. The molecule has 0 saturated carbocycles. The summed E-state index contributed by atoms with van der Waals surface area (Å²) < 4.78 is 0. The van der Waals surface area contributed by atoms with E-state index in [-0.39, 0.29) is 0 Å². The van der Waals surface area contributed by atoms with Crippen molar-refractivity contribution in [2.45, 2.75) is 57.5 Å². The molecule has 1 aliphatic heterocycles. The smallest absolute Gasteiger partial charge is 0.0218 e. The Morgan fingerprint density at radius 2 is 1.94 bits per heavy atom. The summed E-state index contributed by atoms with van der Waals surface area (Å²) in [6, 6.07) is 1.34. The Balaban J connectivity index is 2.34. The highest BCUT2D eigenvalue weighted by molar-refractivity contribution is 4.81. The Morgan fingerprint density at radius 3 is 2.47 bits per heavy atom. The third-order valence-corrected chi connectivity index (χ3v) is 4.25. The van der Waals surface area contributed by atoms with E-state index in [2.05, 4.69) is 30.8 Å². The number of piperidine rings is 1. The molecule has 1 rings (SSSR count). The predicted octanol–water partition coefficient (Wildman–Crippen LogP) is 1.92. The van der Waals surface area contributed by atoms with Crippen molar-refractivity contribution < 1.29 is 0 Å². The molecule has 1 atom stereocenters. The summed E-state index contributed by atoms with van der Waals surface area (Å²) in [6.07, 6.45) is 7.85. The lowest BCUT2D eigenvalue weighted by Gasteiger charge is -2.39. The molecule has 0 bridgehead atoms. The molecule has 1 saturated heterocycles. The van der Waals surface area contributed by atoms with Gasteiger partial charge in [0.15, 0.2) is 0 Å². The maximum Gasteiger partial charge on any atom is 0.0218 e. The van der Waals surface area contributed by atoms with Gasteiger partial charge in [-0.05, 0) is 46.4 Å². The number of likely N-dealkylation sites (tertiary alicyclic amines) is 1. The first kappa shape index (κ1) is 14.9. The third-order valence-electron chi connectivity index (χ3n) is 4.25.